The highest BCUT2D eigenvalue weighted by Gasteiger charge is 2.05. The van der Waals surface area contributed by atoms with E-state index in [4.69, 9.17) is 0 Å². The van der Waals surface area contributed by atoms with Gasteiger partial charge in [0.25, 0.3) is 0 Å². The van der Waals surface area contributed by atoms with E-state index >= 15 is 0 Å². The van der Waals surface area contributed by atoms with Crippen molar-refractivity contribution in [2.45, 2.75) is 19.0 Å². The second kappa shape index (κ2) is 6.44. The molecule has 4 nitrogen and oxygen atoms in total. The quantitative estimate of drug-likeness (QED) is 0.773. The molecule has 0 aromatic carbocycles. The van der Waals surface area contributed by atoms with Crippen LogP contribution in [0.25, 0.3) is 11.4 Å². The molecule has 0 aliphatic rings. The van der Waals surface area contributed by atoms with Crippen molar-refractivity contribution < 1.29 is 4.21 Å². The Bertz CT molecular complexity index is 457. The highest BCUT2D eigenvalue weighted by atomic mass is 32.2. The van der Waals surface area contributed by atoms with E-state index in [1.54, 1.807) is 24.0 Å². The van der Waals surface area contributed by atoms with Gasteiger partial charge in [-0.2, -0.15) is 0 Å². The van der Waals surface area contributed by atoms with E-state index in [-0.39, 0.29) is 0 Å². The summed E-state index contributed by atoms with van der Waals surface area (Å²) in [5, 5.41) is 2.24. The lowest BCUT2D eigenvalue weighted by atomic mass is 10.3. The molecule has 2 rings (SSSR count). The molecule has 0 bridgehead atoms. The fourth-order valence-corrected chi connectivity index (χ4v) is 1.94. The van der Waals surface area contributed by atoms with Crippen molar-refractivity contribution in [3.05, 3.63) is 23.2 Å². The third-order valence-electron chi connectivity index (χ3n) is 1.59. The SMILES string of the molecule is CC.CS(=O)c1nccc(-c2cscn2)n1. The number of hydrogen-bond donors (Lipinski definition) is 0. The first-order chi connectivity index (χ1) is 7.77. The van der Waals surface area contributed by atoms with Crippen LogP contribution in [0.3, 0.4) is 0 Å². The van der Waals surface area contributed by atoms with Crippen molar-refractivity contribution in [3.8, 4) is 11.4 Å². The van der Waals surface area contributed by atoms with Crippen LogP contribution in [0.4, 0.5) is 0 Å². The molecule has 1 unspecified atom stereocenters. The van der Waals surface area contributed by atoms with Crippen LogP contribution >= 0.6 is 11.3 Å². The van der Waals surface area contributed by atoms with Crippen molar-refractivity contribution in [3.63, 3.8) is 0 Å². The van der Waals surface area contributed by atoms with Crippen LogP contribution in [-0.2, 0) is 10.8 Å². The fourth-order valence-electron chi connectivity index (χ4n) is 0.961. The van der Waals surface area contributed by atoms with Crippen molar-refractivity contribution in [1.29, 1.82) is 0 Å². The average molecular weight is 255 g/mol. The Hall–Kier alpha value is -1.14. The molecule has 0 amide bonds. The minimum atomic E-state index is -1.15. The highest BCUT2D eigenvalue weighted by molar-refractivity contribution is 7.84. The predicted octanol–water partition coefficient (Wildman–Crippen LogP) is 2.36. The topological polar surface area (TPSA) is 55.7 Å². The lowest BCUT2D eigenvalue weighted by Gasteiger charge is -1.97. The molecule has 2 aromatic rings. The summed E-state index contributed by atoms with van der Waals surface area (Å²) in [4.78, 5) is 12.2. The molecule has 0 aliphatic carbocycles. The van der Waals surface area contributed by atoms with Crippen molar-refractivity contribution >= 4 is 22.1 Å². The molecule has 2 aromatic heterocycles. The van der Waals surface area contributed by atoms with E-state index in [2.05, 4.69) is 15.0 Å². The molecule has 2 heterocycles. The van der Waals surface area contributed by atoms with E-state index in [9.17, 15) is 4.21 Å². The third-order valence-corrected chi connectivity index (χ3v) is 2.88. The molecule has 0 aliphatic heterocycles. The Morgan fingerprint density at radius 1 is 1.25 bits per heavy atom. The minimum Gasteiger partial charge on any atom is -0.251 e. The summed E-state index contributed by atoms with van der Waals surface area (Å²) in [5.41, 5.74) is 3.25. The molecular weight excluding hydrogens is 242 g/mol. The number of aromatic nitrogens is 3. The molecule has 0 fully saturated rings. The largest absolute Gasteiger partial charge is 0.251 e. The van der Waals surface area contributed by atoms with E-state index in [1.807, 2.05) is 19.2 Å². The van der Waals surface area contributed by atoms with Gasteiger partial charge in [-0.15, -0.1) is 11.3 Å². The number of hydrogen-bond acceptors (Lipinski definition) is 5. The van der Waals surface area contributed by atoms with Gasteiger partial charge < -0.3 is 0 Å². The van der Waals surface area contributed by atoms with Gasteiger partial charge in [0.15, 0.2) is 0 Å². The third kappa shape index (κ3) is 3.18. The molecular formula is C10H13N3OS2. The van der Waals surface area contributed by atoms with Crippen molar-refractivity contribution in [1.82, 2.24) is 15.0 Å². The molecule has 16 heavy (non-hydrogen) atoms. The summed E-state index contributed by atoms with van der Waals surface area (Å²) in [6.45, 7) is 4.00. The van der Waals surface area contributed by atoms with Gasteiger partial charge in [0.05, 0.1) is 27.7 Å². The van der Waals surface area contributed by atoms with Crippen LogP contribution in [0.15, 0.2) is 28.3 Å². The first kappa shape index (κ1) is 12.9. The fraction of sp³-hybridized carbons (Fsp3) is 0.300. The number of thiazole rings is 1. The number of nitrogens with zero attached hydrogens (tertiary/aromatic N) is 3. The van der Waals surface area contributed by atoms with Gasteiger partial charge in [0.1, 0.15) is 0 Å². The zero-order valence-electron chi connectivity index (χ0n) is 9.38. The summed E-state index contributed by atoms with van der Waals surface area (Å²) in [5.74, 6) is 0. The van der Waals surface area contributed by atoms with Crippen LogP contribution in [-0.4, -0.2) is 25.4 Å². The molecule has 0 N–H and O–H groups in total. The molecule has 0 saturated carbocycles. The maximum atomic E-state index is 11.1. The maximum Gasteiger partial charge on any atom is 0.218 e. The van der Waals surface area contributed by atoms with Gasteiger partial charge in [0.2, 0.25) is 5.16 Å². The van der Waals surface area contributed by atoms with E-state index in [0.717, 1.165) is 5.69 Å². The van der Waals surface area contributed by atoms with Gasteiger partial charge >= 0.3 is 0 Å². The van der Waals surface area contributed by atoms with Crippen LogP contribution in [0.5, 0.6) is 0 Å². The van der Waals surface area contributed by atoms with E-state index < -0.39 is 10.8 Å². The monoisotopic (exact) mass is 255 g/mol. The van der Waals surface area contributed by atoms with Gasteiger partial charge in [-0.05, 0) is 6.07 Å². The lowest BCUT2D eigenvalue weighted by Crippen LogP contribution is -1.97. The van der Waals surface area contributed by atoms with Crippen molar-refractivity contribution in [2.75, 3.05) is 6.26 Å². The smallest absolute Gasteiger partial charge is 0.218 e. The standard InChI is InChI=1S/C8H7N3OS2.C2H6/c1-14(12)8-9-3-2-6(11-8)7-4-13-5-10-7;1-2/h2-5H,1H3;1-2H3. The zero-order chi connectivity index (χ0) is 12.0. The predicted molar refractivity (Wildman–Crippen MR) is 66.8 cm³/mol. The molecule has 0 spiro atoms. The molecule has 1 atom stereocenters. The zero-order valence-corrected chi connectivity index (χ0v) is 11.0. The molecule has 6 heteroatoms. The summed E-state index contributed by atoms with van der Waals surface area (Å²) < 4.78 is 11.1. The Kier molecular flexibility index (Phi) is 5.21. The number of rotatable bonds is 2. The van der Waals surface area contributed by atoms with Gasteiger partial charge in [-0.1, -0.05) is 13.8 Å². The van der Waals surface area contributed by atoms with Crippen LogP contribution in [0.2, 0.25) is 0 Å². The van der Waals surface area contributed by atoms with Gasteiger partial charge in [-0.25, -0.2) is 15.0 Å². The van der Waals surface area contributed by atoms with Crippen LogP contribution in [0, 0.1) is 0 Å². The Morgan fingerprint density at radius 2 is 2.00 bits per heavy atom. The average Bonchev–Trinajstić information content (AvgIpc) is 2.85. The second-order valence-electron chi connectivity index (χ2n) is 2.55. The summed E-state index contributed by atoms with van der Waals surface area (Å²) in [6, 6.07) is 1.76. The molecule has 0 saturated heterocycles. The van der Waals surface area contributed by atoms with E-state index in [0.29, 0.717) is 10.9 Å². The summed E-state index contributed by atoms with van der Waals surface area (Å²) >= 11 is 1.50. The Morgan fingerprint density at radius 3 is 2.56 bits per heavy atom. The maximum absolute atomic E-state index is 11.1. The first-order valence-corrected chi connectivity index (χ1v) is 7.32. The Labute approximate surface area is 101 Å². The van der Waals surface area contributed by atoms with Gasteiger partial charge in [-0.3, -0.25) is 4.21 Å². The van der Waals surface area contributed by atoms with Gasteiger partial charge in [0, 0.05) is 17.8 Å². The normalized spacial score (nSPS) is 11.4. The molecule has 0 radical (unpaired) electrons. The Balaban J connectivity index is 0.000000606. The van der Waals surface area contributed by atoms with Crippen molar-refractivity contribution in [2.24, 2.45) is 0 Å². The summed E-state index contributed by atoms with van der Waals surface area (Å²) in [7, 11) is -1.15. The van der Waals surface area contributed by atoms with Crippen LogP contribution < -0.4 is 0 Å². The minimum absolute atomic E-state index is 0.343. The second-order valence-corrected chi connectivity index (χ2v) is 4.54. The van der Waals surface area contributed by atoms with E-state index in [1.165, 1.54) is 11.3 Å². The highest BCUT2D eigenvalue weighted by Crippen LogP contribution is 2.16. The summed E-state index contributed by atoms with van der Waals surface area (Å²) in [6.07, 6.45) is 3.15. The van der Waals surface area contributed by atoms with Crippen LogP contribution in [0.1, 0.15) is 13.8 Å². The lowest BCUT2D eigenvalue weighted by molar-refractivity contribution is 0.680. The molecule has 86 valence electrons. The first-order valence-electron chi connectivity index (χ1n) is 4.82.